The van der Waals surface area contributed by atoms with Gasteiger partial charge in [-0.25, -0.2) is 0 Å². The highest BCUT2D eigenvalue weighted by molar-refractivity contribution is 6.35. The molecule has 1 aliphatic heterocycles. The van der Waals surface area contributed by atoms with Crippen molar-refractivity contribution in [2.45, 2.75) is 25.8 Å². The third kappa shape index (κ3) is 5.26. The first-order chi connectivity index (χ1) is 15.0. The van der Waals surface area contributed by atoms with Crippen LogP contribution in [-0.2, 0) is 11.2 Å². The normalized spacial score (nSPS) is 15.8. The van der Waals surface area contributed by atoms with E-state index in [0.717, 1.165) is 24.2 Å². The molecular weight excluding hydrogens is 435 g/mol. The molecule has 1 aromatic heterocycles. The first kappa shape index (κ1) is 21.8. The van der Waals surface area contributed by atoms with Crippen LogP contribution in [0.15, 0.2) is 53.1 Å². The Morgan fingerprint density at radius 1 is 1.10 bits per heavy atom. The number of aryl methyl sites for hydroxylation is 1. The summed E-state index contributed by atoms with van der Waals surface area (Å²) in [5.41, 5.74) is 1.87. The second-order valence-electron chi connectivity index (χ2n) is 7.65. The highest BCUT2D eigenvalue weighted by Gasteiger charge is 2.27. The van der Waals surface area contributed by atoms with Gasteiger partial charge >= 0.3 is 0 Å². The summed E-state index contributed by atoms with van der Waals surface area (Å²) < 4.78 is 5.51. The maximum absolute atomic E-state index is 12.7. The molecule has 1 saturated heterocycles. The number of piperazine rings is 1. The number of nitrogens with zero attached hydrogens (tertiary/aromatic N) is 4. The number of hydrogen-bond donors (Lipinski definition) is 0. The van der Waals surface area contributed by atoms with E-state index < -0.39 is 0 Å². The van der Waals surface area contributed by atoms with Gasteiger partial charge in [-0.1, -0.05) is 64.8 Å². The second-order valence-corrected chi connectivity index (χ2v) is 8.49. The van der Waals surface area contributed by atoms with Crippen LogP contribution < -0.4 is 0 Å². The predicted molar refractivity (Wildman–Crippen MR) is 121 cm³/mol. The molecule has 1 unspecified atom stereocenters. The van der Waals surface area contributed by atoms with Crippen molar-refractivity contribution in [2.24, 2.45) is 0 Å². The molecule has 0 spiro atoms. The van der Waals surface area contributed by atoms with E-state index in [1.165, 1.54) is 0 Å². The zero-order chi connectivity index (χ0) is 21.8. The molecule has 2 aromatic carbocycles. The molecule has 8 heteroatoms. The minimum Gasteiger partial charge on any atom is -0.340 e. The van der Waals surface area contributed by atoms with Crippen LogP contribution in [0.5, 0.6) is 0 Å². The molecule has 0 saturated carbocycles. The lowest BCUT2D eigenvalue weighted by molar-refractivity contribution is -0.133. The Hall–Kier alpha value is -2.41. The van der Waals surface area contributed by atoms with Gasteiger partial charge in [0.15, 0.2) is 0 Å². The average molecular weight is 459 g/mol. The molecule has 3 aromatic rings. The van der Waals surface area contributed by atoms with E-state index in [2.05, 4.69) is 22.0 Å². The van der Waals surface area contributed by atoms with Crippen molar-refractivity contribution in [3.63, 3.8) is 0 Å². The Kier molecular flexibility index (Phi) is 6.90. The molecule has 1 fully saturated rings. The van der Waals surface area contributed by atoms with Crippen LogP contribution >= 0.6 is 23.2 Å². The lowest BCUT2D eigenvalue weighted by atomic mass is 10.1. The summed E-state index contributed by atoms with van der Waals surface area (Å²) in [4.78, 5) is 21.4. The van der Waals surface area contributed by atoms with Gasteiger partial charge < -0.3 is 9.42 Å². The van der Waals surface area contributed by atoms with Crippen LogP contribution in [0.25, 0.3) is 11.4 Å². The Morgan fingerprint density at radius 3 is 2.55 bits per heavy atom. The van der Waals surface area contributed by atoms with Gasteiger partial charge in [-0.3, -0.25) is 9.69 Å². The van der Waals surface area contributed by atoms with Gasteiger partial charge in [-0.05, 0) is 31.0 Å². The topological polar surface area (TPSA) is 62.5 Å². The molecule has 162 valence electrons. The maximum atomic E-state index is 12.7. The van der Waals surface area contributed by atoms with Crippen LogP contribution in [-0.4, -0.2) is 52.0 Å². The Bertz CT molecular complexity index is 1030. The third-order valence-electron chi connectivity index (χ3n) is 5.67. The summed E-state index contributed by atoms with van der Waals surface area (Å²) in [5, 5.41) is 5.32. The summed E-state index contributed by atoms with van der Waals surface area (Å²) in [6.07, 6.45) is 1.04. The minimum absolute atomic E-state index is 0.00455. The van der Waals surface area contributed by atoms with Crippen molar-refractivity contribution in [2.75, 3.05) is 26.2 Å². The Balaban J connectivity index is 1.29. The minimum atomic E-state index is -0.00455. The number of hydrogen-bond acceptors (Lipinski definition) is 5. The van der Waals surface area contributed by atoms with Crippen molar-refractivity contribution in [3.8, 4) is 11.4 Å². The van der Waals surface area contributed by atoms with E-state index >= 15 is 0 Å². The highest BCUT2D eigenvalue weighted by Crippen LogP contribution is 2.25. The third-order valence-corrected chi connectivity index (χ3v) is 6.26. The molecule has 2 heterocycles. The number of rotatable bonds is 6. The lowest BCUT2D eigenvalue weighted by Crippen LogP contribution is -2.49. The van der Waals surface area contributed by atoms with Crippen LogP contribution in [0.3, 0.4) is 0 Å². The SMILES string of the molecule is CC(c1nc(-c2ccccc2)no1)N1CCN(C(=O)CCc2ccc(Cl)cc2Cl)CC1. The fourth-order valence-corrected chi connectivity index (χ4v) is 4.25. The first-order valence-electron chi connectivity index (χ1n) is 10.4. The van der Waals surface area contributed by atoms with Crippen molar-refractivity contribution >= 4 is 29.1 Å². The molecule has 1 aliphatic rings. The number of carbonyl (C=O) groups is 1. The number of benzene rings is 2. The molecule has 0 aliphatic carbocycles. The fourth-order valence-electron chi connectivity index (χ4n) is 3.75. The van der Waals surface area contributed by atoms with Gasteiger partial charge in [-0.2, -0.15) is 4.98 Å². The van der Waals surface area contributed by atoms with Crippen molar-refractivity contribution < 1.29 is 9.32 Å². The molecule has 1 amide bonds. The summed E-state index contributed by atoms with van der Waals surface area (Å²) in [6.45, 7) is 4.94. The van der Waals surface area contributed by atoms with E-state index in [9.17, 15) is 4.79 Å². The monoisotopic (exact) mass is 458 g/mol. The average Bonchev–Trinajstić information content (AvgIpc) is 3.29. The van der Waals surface area contributed by atoms with Crippen LogP contribution in [0.2, 0.25) is 10.0 Å². The second kappa shape index (κ2) is 9.81. The smallest absolute Gasteiger partial charge is 0.244 e. The van der Waals surface area contributed by atoms with Gasteiger partial charge in [0, 0.05) is 48.2 Å². The van der Waals surface area contributed by atoms with Crippen molar-refractivity contribution in [1.82, 2.24) is 19.9 Å². The number of halogens is 2. The number of carbonyl (C=O) groups excluding carboxylic acids is 1. The quantitative estimate of drug-likeness (QED) is 0.526. The number of amides is 1. The summed E-state index contributed by atoms with van der Waals surface area (Å²) >= 11 is 12.2. The molecule has 6 nitrogen and oxygen atoms in total. The summed E-state index contributed by atoms with van der Waals surface area (Å²) in [7, 11) is 0. The van der Waals surface area contributed by atoms with Crippen molar-refractivity contribution in [3.05, 3.63) is 70.0 Å². The van der Waals surface area contributed by atoms with Crippen LogP contribution in [0.4, 0.5) is 0 Å². The molecule has 1 atom stereocenters. The zero-order valence-corrected chi connectivity index (χ0v) is 18.8. The van der Waals surface area contributed by atoms with Crippen LogP contribution in [0.1, 0.15) is 30.8 Å². The summed E-state index contributed by atoms with van der Waals surface area (Å²) in [5.74, 6) is 1.33. The molecule has 0 N–H and O–H groups in total. The van der Waals surface area contributed by atoms with E-state index in [4.69, 9.17) is 27.7 Å². The van der Waals surface area contributed by atoms with Gasteiger partial charge in [0.05, 0.1) is 6.04 Å². The number of aromatic nitrogens is 2. The Morgan fingerprint density at radius 2 is 1.84 bits per heavy atom. The van der Waals surface area contributed by atoms with Crippen LogP contribution in [0, 0.1) is 0 Å². The van der Waals surface area contributed by atoms with Gasteiger partial charge in [0.25, 0.3) is 0 Å². The molecule has 31 heavy (non-hydrogen) atoms. The van der Waals surface area contributed by atoms with Crippen molar-refractivity contribution in [1.29, 1.82) is 0 Å². The Labute approximate surface area is 191 Å². The van der Waals surface area contributed by atoms with Gasteiger partial charge in [-0.15, -0.1) is 0 Å². The molecular formula is C23H24Cl2N4O2. The summed E-state index contributed by atoms with van der Waals surface area (Å²) in [6, 6.07) is 15.2. The largest absolute Gasteiger partial charge is 0.340 e. The van der Waals surface area contributed by atoms with E-state index in [1.54, 1.807) is 12.1 Å². The lowest BCUT2D eigenvalue weighted by Gasteiger charge is -2.36. The highest BCUT2D eigenvalue weighted by atomic mass is 35.5. The van der Waals surface area contributed by atoms with E-state index in [1.807, 2.05) is 41.3 Å². The maximum Gasteiger partial charge on any atom is 0.244 e. The standard InChI is InChI=1S/C23H24Cl2N4O2/c1-16(23-26-22(27-31-23)18-5-3-2-4-6-18)28-11-13-29(14-12-28)21(30)10-8-17-7-9-19(24)15-20(17)25/h2-7,9,15-16H,8,10-14H2,1H3. The first-order valence-corrected chi connectivity index (χ1v) is 11.1. The van der Waals surface area contributed by atoms with E-state index in [-0.39, 0.29) is 11.9 Å². The predicted octanol–water partition coefficient (Wildman–Crippen LogP) is 4.88. The molecule has 0 radical (unpaired) electrons. The molecule has 4 rings (SSSR count). The fraction of sp³-hybridized carbons (Fsp3) is 0.348. The van der Waals surface area contributed by atoms with E-state index in [0.29, 0.717) is 47.7 Å². The van der Waals surface area contributed by atoms with Gasteiger partial charge in [0.2, 0.25) is 17.6 Å². The zero-order valence-electron chi connectivity index (χ0n) is 17.3. The molecule has 0 bridgehead atoms. The van der Waals surface area contributed by atoms with Gasteiger partial charge in [0.1, 0.15) is 0 Å².